The first kappa shape index (κ1) is 10.8. The molecule has 0 bridgehead atoms. The fourth-order valence-corrected chi connectivity index (χ4v) is 2.04. The first-order valence-electron chi connectivity index (χ1n) is 4.87. The van der Waals surface area contributed by atoms with Crippen LogP contribution in [0.25, 0.3) is 0 Å². The third kappa shape index (κ3) is 1.62. The maximum atomic E-state index is 10.6. The van der Waals surface area contributed by atoms with Gasteiger partial charge >= 0.3 is 0 Å². The first-order chi connectivity index (χ1) is 7.42. The van der Waals surface area contributed by atoms with E-state index in [-0.39, 0.29) is 11.4 Å². The largest absolute Gasteiger partial charge is 0.508 e. The minimum Gasteiger partial charge on any atom is -0.508 e. The lowest BCUT2D eigenvalue weighted by atomic mass is 9.70. The van der Waals surface area contributed by atoms with Crippen LogP contribution in [0, 0.1) is 10.1 Å². The summed E-state index contributed by atoms with van der Waals surface area (Å²) >= 11 is 0. The van der Waals surface area contributed by atoms with E-state index < -0.39 is 16.6 Å². The van der Waals surface area contributed by atoms with E-state index in [4.69, 9.17) is 5.73 Å². The molecular weight excluding hydrogens is 212 g/mol. The highest BCUT2D eigenvalue weighted by Crippen LogP contribution is 2.43. The van der Waals surface area contributed by atoms with Crippen molar-refractivity contribution in [1.29, 1.82) is 0 Å². The van der Waals surface area contributed by atoms with Crippen LogP contribution in [0.1, 0.15) is 18.4 Å². The number of hydrogen-bond donors (Lipinski definition) is 3. The molecule has 6 heteroatoms. The van der Waals surface area contributed by atoms with Gasteiger partial charge in [0.25, 0.3) is 5.69 Å². The highest BCUT2D eigenvalue weighted by Gasteiger charge is 2.43. The van der Waals surface area contributed by atoms with Gasteiger partial charge in [0.15, 0.2) is 0 Å². The summed E-state index contributed by atoms with van der Waals surface area (Å²) in [5.74, 6) is -0.0694. The Hall–Kier alpha value is -1.66. The maximum absolute atomic E-state index is 10.6. The summed E-state index contributed by atoms with van der Waals surface area (Å²) in [5.41, 5.74) is 5.30. The van der Waals surface area contributed by atoms with E-state index in [2.05, 4.69) is 0 Å². The number of nitro groups is 1. The van der Waals surface area contributed by atoms with Gasteiger partial charge in [0.2, 0.25) is 0 Å². The molecular formula is C10H12N2O4. The van der Waals surface area contributed by atoms with E-state index in [0.717, 1.165) is 0 Å². The Morgan fingerprint density at radius 1 is 1.50 bits per heavy atom. The Bertz CT molecular complexity index is 440. The number of non-ortho nitro benzene ring substituents is 1. The van der Waals surface area contributed by atoms with Gasteiger partial charge in [-0.2, -0.15) is 0 Å². The molecule has 0 atom stereocenters. The van der Waals surface area contributed by atoms with Crippen LogP contribution in [-0.4, -0.2) is 21.2 Å². The number of aliphatic hydroxyl groups excluding tert-OH is 1. The predicted octanol–water partition coefficient (Wildman–Crippen LogP) is 0.609. The molecule has 16 heavy (non-hydrogen) atoms. The van der Waals surface area contributed by atoms with Gasteiger partial charge in [-0.1, -0.05) is 0 Å². The molecule has 1 aliphatic carbocycles. The zero-order valence-corrected chi connectivity index (χ0v) is 8.46. The molecule has 1 aromatic carbocycles. The van der Waals surface area contributed by atoms with Crippen LogP contribution in [0.4, 0.5) is 5.69 Å². The van der Waals surface area contributed by atoms with E-state index in [1.165, 1.54) is 18.2 Å². The summed E-state index contributed by atoms with van der Waals surface area (Å²) in [4.78, 5) is 10.1. The summed E-state index contributed by atoms with van der Waals surface area (Å²) < 4.78 is 0. The smallest absolute Gasteiger partial charge is 0.270 e. The number of rotatable bonds is 2. The normalized spacial score (nSPS) is 28.5. The lowest BCUT2D eigenvalue weighted by Gasteiger charge is -2.42. The third-order valence-corrected chi connectivity index (χ3v) is 2.93. The van der Waals surface area contributed by atoms with Crippen molar-refractivity contribution in [2.45, 2.75) is 24.5 Å². The molecule has 0 spiro atoms. The van der Waals surface area contributed by atoms with Crippen molar-refractivity contribution in [3.63, 3.8) is 0 Å². The number of aliphatic hydroxyl groups is 1. The van der Waals surface area contributed by atoms with Crippen LogP contribution in [-0.2, 0) is 5.54 Å². The maximum Gasteiger partial charge on any atom is 0.270 e. The Morgan fingerprint density at radius 2 is 2.12 bits per heavy atom. The van der Waals surface area contributed by atoms with Crippen molar-refractivity contribution in [1.82, 2.24) is 0 Å². The molecule has 0 saturated heterocycles. The Balaban J connectivity index is 2.40. The van der Waals surface area contributed by atoms with Crippen molar-refractivity contribution in [3.8, 4) is 5.75 Å². The molecule has 6 nitrogen and oxygen atoms in total. The van der Waals surface area contributed by atoms with Gasteiger partial charge in [0.05, 0.1) is 11.0 Å². The van der Waals surface area contributed by atoms with E-state index in [1.54, 1.807) is 0 Å². The predicted molar refractivity (Wildman–Crippen MR) is 55.9 cm³/mol. The molecule has 0 aromatic heterocycles. The number of benzene rings is 1. The molecule has 2 rings (SSSR count). The van der Waals surface area contributed by atoms with E-state index in [1.807, 2.05) is 0 Å². The highest BCUT2D eigenvalue weighted by molar-refractivity contribution is 5.47. The second-order valence-electron chi connectivity index (χ2n) is 4.18. The second-order valence-corrected chi connectivity index (χ2v) is 4.18. The summed E-state index contributed by atoms with van der Waals surface area (Å²) in [6, 6.07) is 3.74. The summed E-state index contributed by atoms with van der Waals surface area (Å²) in [6.07, 6.45) is 0.118. The zero-order valence-electron chi connectivity index (χ0n) is 8.46. The number of nitro benzene ring substituents is 1. The van der Waals surface area contributed by atoms with Crippen LogP contribution in [0.5, 0.6) is 5.75 Å². The molecule has 1 aromatic rings. The Morgan fingerprint density at radius 3 is 2.62 bits per heavy atom. The van der Waals surface area contributed by atoms with Gasteiger partial charge in [-0.3, -0.25) is 10.1 Å². The van der Waals surface area contributed by atoms with Gasteiger partial charge in [0, 0.05) is 23.2 Å². The summed E-state index contributed by atoms with van der Waals surface area (Å²) in [5, 5.41) is 29.4. The molecule has 0 heterocycles. The number of hydrogen-bond acceptors (Lipinski definition) is 5. The van der Waals surface area contributed by atoms with Crippen LogP contribution in [0.2, 0.25) is 0 Å². The fraction of sp³-hybridized carbons (Fsp3) is 0.400. The molecule has 0 aliphatic heterocycles. The van der Waals surface area contributed by atoms with Gasteiger partial charge in [-0.05, 0) is 18.9 Å². The van der Waals surface area contributed by atoms with Crippen LogP contribution in [0.3, 0.4) is 0 Å². The molecule has 0 amide bonds. The molecule has 1 saturated carbocycles. The fourth-order valence-electron chi connectivity index (χ4n) is 2.04. The molecule has 1 fully saturated rings. The number of phenolic OH excluding ortho intramolecular Hbond substituents is 1. The van der Waals surface area contributed by atoms with Gasteiger partial charge in [-0.25, -0.2) is 0 Å². The van der Waals surface area contributed by atoms with Crippen molar-refractivity contribution < 1.29 is 15.1 Å². The standard InChI is InChI=1S/C10H12N2O4/c11-10(4-7(13)5-10)8-3-6(12(15)16)1-2-9(8)14/h1-3,7,13-14H,4-5,11H2. The van der Waals surface area contributed by atoms with Crippen LogP contribution < -0.4 is 5.73 Å². The second kappa shape index (κ2) is 3.43. The molecule has 0 radical (unpaired) electrons. The van der Waals surface area contributed by atoms with Crippen molar-refractivity contribution in [3.05, 3.63) is 33.9 Å². The Labute approximate surface area is 91.5 Å². The molecule has 1 aliphatic rings. The molecule has 0 unspecified atom stereocenters. The number of nitrogens with zero attached hydrogens (tertiary/aromatic N) is 1. The summed E-state index contributed by atoms with van der Waals surface area (Å²) in [7, 11) is 0. The number of aromatic hydroxyl groups is 1. The molecule has 4 N–H and O–H groups in total. The zero-order chi connectivity index (χ0) is 11.9. The minimum atomic E-state index is -0.852. The van der Waals surface area contributed by atoms with E-state index >= 15 is 0 Å². The lowest BCUT2D eigenvalue weighted by molar-refractivity contribution is -0.385. The van der Waals surface area contributed by atoms with Crippen LogP contribution >= 0.6 is 0 Å². The van der Waals surface area contributed by atoms with Crippen LogP contribution in [0.15, 0.2) is 18.2 Å². The Kier molecular flexibility index (Phi) is 2.32. The minimum absolute atomic E-state index is 0.0694. The third-order valence-electron chi connectivity index (χ3n) is 2.93. The summed E-state index contributed by atoms with van der Waals surface area (Å²) in [6.45, 7) is 0. The average Bonchev–Trinajstić information content (AvgIpc) is 2.15. The number of nitrogens with two attached hydrogens (primary N) is 1. The van der Waals surface area contributed by atoms with Gasteiger partial charge in [0.1, 0.15) is 5.75 Å². The van der Waals surface area contributed by atoms with Crippen molar-refractivity contribution in [2.24, 2.45) is 5.73 Å². The lowest BCUT2D eigenvalue weighted by Crippen LogP contribution is -2.51. The van der Waals surface area contributed by atoms with E-state index in [9.17, 15) is 20.3 Å². The molecule has 86 valence electrons. The quantitative estimate of drug-likeness (QED) is 0.503. The monoisotopic (exact) mass is 224 g/mol. The average molecular weight is 224 g/mol. The number of phenols is 1. The van der Waals surface area contributed by atoms with Crippen molar-refractivity contribution in [2.75, 3.05) is 0 Å². The van der Waals surface area contributed by atoms with E-state index in [0.29, 0.717) is 18.4 Å². The topological polar surface area (TPSA) is 110 Å². The van der Waals surface area contributed by atoms with Gasteiger partial charge < -0.3 is 15.9 Å². The highest BCUT2D eigenvalue weighted by atomic mass is 16.6. The van der Waals surface area contributed by atoms with Gasteiger partial charge in [-0.15, -0.1) is 0 Å². The first-order valence-corrected chi connectivity index (χ1v) is 4.87. The SMILES string of the molecule is NC1(c2cc([N+](=O)[O-])ccc2O)CC(O)C1. The van der Waals surface area contributed by atoms with Crippen molar-refractivity contribution >= 4 is 5.69 Å².